The molecule has 0 aromatic heterocycles. The molecule has 0 aromatic rings. The molecule has 0 unspecified atom stereocenters. The van der Waals surface area contributed by atoms with Crippen LogP contribution in [0.15, 0.2) is 0 Å². The van der Waals surface area contributed by atoms with Gasteiger partial charge < -0.3 is 9.80 Å². The highest BCUT2D eigenvalue weighted by molar-refractivity contribution is 8.00. The molecule has 1 fully saturated rings. The van der Waals surface area contributed by atoms with Crippen molar-refractivity contribution < 1.29 is 4.79 Å². The Kier molecular flexibility index (Phi) is 6.67. The number of nitriles is 1. The van der Waals surface area contributed by atoms with E-state index in [4.69, 9.17) is 5.26 Å². The molecule has 0 radical (unpaired) electrons. The number of nitrogens with zero attached hydrogens (tertiary/aromatic N) is 3. The minimum absolute atomic E-state index is 0.145. The first-order valence-electron chi connectivity index (χ1n) is 6.92. The van der Waals surface area contributed by atoms with Gasteiger partial charge in [-0.2, -0.15) is 17.0 Å². The third kappa shape index (κ3) is 6.31. The second kappa shape index (κ2) is 7.76. The van der Waals surface area contributed by atoms with Gasteiger partial charge in [0.05, 0.1) is 12.5 Å². The number of hydrogen-bond donors (Lipinski definition) is 0. The molecule has 1 aliphatic rings. The summed E-state index contributed by atoms with van der Waals surface area (Å²) in [5.74, 6) is 1.29. The van der Waals surface area contributed by atoms with E-state index < -0.39 is 0 Å². The van der Waals surface area contributed by atoms with Crippen molar-refractivity contribution in [3.05, 3.63) is 0 Å². The van der Waals surface area contributed by atoms with Crippen LogP contribution in [-0.2, 0) is 4.79 Å². The fourth-order valence-corrected chi connectivity index (χ4v) is 3.21. The number of rotatable bonds is 5. The number of hydrogen-bond acceptors (Lipinski definition) is 4. The van der Waals surface area contributed by atoms with Gasteiger partial charge in [0.2, 0.25) is 5.91 Å². The van der Waals surface area contributed by atoms with Crippen molar-refractivity contribution in [3.63, 3.8) is 0 Å². The Morgan fingerprint density at radius 3 is 2.89 bits per heavy atom. The molecule has 0 saturated carbocycles. The van der Waals surface area contributed by atoms with Crippen LogP contribution in [0.2, 0.25) is 0 Å². The van der Waals surface area contributed by atoms with Gasteiger partial charge in [-0.25, -0.2) is 0 Å². The minimum atomic E-state index is 0.145. The molecule has 1 saturated heterocycles. The summed E-state index contributed by atoms with van der Waals surface area (Å²) in [6.45, 7) is 8.12. The summed E-state index contributed by atoms with van der Waals surface area (Å²) in [7, 11) is 1.78. The second-order valence-corrected chi connectivity index (χ2v) is 7.48. The van der Waals surface area contributed by atoms with Gasteiger partial charge in [0.1, 0.15) is 0 Å². The van der Waals surface area contributed by atoms with Crippen LogP contribution in [-0.4, -0.2) is 59.4 Å². The van der Waals surface area contributed by atoms with Gasteiger partial charge in [-0.1, -0.05) is 13.8 Å². The highest BCUT2D eigenvalue weighted by atomic mass is 32.2. The van der Waals surface area contributed by atoms with E-state index in [0.717, 1.165) is 25.4 Å². The van der Waals surface area contributed by atoms with Crippen LogP contribution < -0.4 is 0 Å². The molecule has 0 atom stereocenters. The summed E-state index contributed by atoms with van der Waals surface area (Å²) >= 11 is 2.02. The third-order valence-electron chi connectivity index (χ3n) is 3.56. The van der Waals surface area contributed by atoms with Crippen molar-refractivity contribution in [2.45, 2.75) is 37.9 Å². The lowest BCUT2D eigenvalue weighted by atomic mass is 10.1. The predicted octanol–water partition coefficient (Wildman–Crippen LogP) is 1.97. The molecule has 1 heterocycles. The van der Waals surface area contributed by atoms with E-state index in [2.05, 4.69) is 24.8 Å². The zero-order valence-electron chi connectivity index (χ0n) is 12.3. The molecular weight excluding hydrogens is 258 g/mol. The van der Waals surface area contributed by atoms with Crippen LogP contribution in [0.3, 0.4) is 0 Å². The first kappa shape index (κ1) is 16.3. The van der Waals surface area contributed by atoms with E-state index in [1.807, 2.05) is 11.8 Å². The van der Waals surface area contributed by atoms with E-state index in [1.165, 1.54) is 6.42 Å². The van der Waals surface area contributed by atoms with Crippen LogP contribution >= 0.6 is 11.8 Å². The monoisotopic (exact) mass is 283 g/mol. The van der Waals surface area contributed by atoms with Crippen molar-refractivity contribution >= 4 is 17.7 Å². The van der Waals surface area contributed by atoms with Crippen molar-refractivity contribution in [1.82, 2.24) is 9.80 Å². The van der Waals surface area contributed by atoms with Gasteiger partial charge in [0.15, 0.2) is 0 Å². The molecule has 19 heavy (non-hydrogen) atoms. The maximum atomic E-state index is 11.9. The number of thioether (sulfide) groups is 1. The molecule has 0 N–H and O–H groups in total. The van der Waals surface area contributed by atoms with Crippen molar-refractivity contribution in [1.29, 1.82) is 5.26 Å². The maximum absolute atomic E-state index is 11.9. The summed E-state index contributed by atoms with van der Waals surface area (Å²) in [6.07, 6.45) is 2.15. The Balaban J connectivity index is 2.28. The highest BCUT2D eigenvalue weighted by Crippen LogP contribution is 2.30. The lowest BCUT2D eigenvalue weighted by Gasteiger charge is -2.23. The third-order valence-corrected chi connectivity index (χ3v) is 4.93. The number of carbonyl (C=O) groups excluding carboxylic acids is 1. The van der Waals surface area contributed by atoms with Crippen molar-refractivity contribution in [2.75, 3.05) is 39.0 Å². The fourth-order valence-electron chi connectivity index (χ4n) is 2.07. The number of carbonyl (C=O) groups is 1. The molecule has 1 aliphatic heterocycles. The molecule has 108 valence electrons. The fraction of sp³-hybridized carbons (Fsp3) is 0.857. The number of amides is 1. The highest BCUT2D eigenvalue weighted by Gasteiger charge is 2.23. The van der Waals surface area contributed by atoms with E-state index >= 15 is 0 Å². The average Bonchev–Trinajstić information content (AvgIpc) is 2.54. The minimum Gasteiger partial charge on any atom is -0.345 e. The quantitative estimate of drug-likeness (QED) is 0.774. The Hall–Kier alpha value is -0.730. The first-order chi connectivity index (χ1) is 8.94. The molecule has 1 amide bonds. The second-order valence-electron chi connectivity index (χ2n) is 5.67. The lowest BCUT2D eigenvalue weighted by Crippen LogP contribution is -2.34. The normalized spacial score (nSPS) is 19.5. The van der Waals surface area contributed by atoms with Gasteiger partial charge >= 0.3 is 0 Å². The smallest absolute Gasteiger partial charge is 0.223 e. The molecule has 4 nitrogen and oxygen atoms in total. The van der Waals surface area contributed by atoms with Gasteiger partial charge in [0, 0.05) is 43.6 Å². The topological polar surface area (TPSA) is 47.3 Å². The SMILES string of the molecule is CN(CCC#N)C(=O)CCN1CCSC(C)(C)CC1. The largest absolute Gasteiger partial charge is 0.345 e. The van der Waals surface area contributed by atoms with E-state index in [-0.39, 0.29) is 5.91 Å². The molecule has 0 bridgehead atoms. The van der Waals surface area contributed by atoms with Gasteiger partial charge in [-0.3, -0.25) is 4.79 Å². The molecule has 0 aromatic carbocycles. The van der Waals surface area contributed by atoms with Crippen LogP contribution in [0.1, 0.15) is 33.1 Å². The summed E-state index contributed by atoms with van der Waals surface area (Å²) in [5, 5.41) is 8.51. The standard InChI is InChI=1S/C14H25N3OS/c1-14(2)6-10-17(11-12-19-14)9-5-13(18)16(3)8-4-7-15/h4-6,8-12H2,1-3H3. The van der Waals surface area contributed by atoms with Crippen molar-refractivity contribution in [3.8, 4) is 6.07 Å². The van der Waals surface area contributed by atoms with E-state index in [1.54, 1.807) is 11.9 Å². The summed E-state index contributed by atoms with van der Waals surface area (Å²) < 4.78 is 0.363. The molecule has 0 aliphatic carbocycles. The van der Waals surface area contributed by atoms with E-state index in [9.17, 15) is 4.79 Å². The zero-order valence-corrected chi connectivity index (χ0v) is 13.1. The Labute approximate surface area is 121 Å². The maximum Gasteiger partial charge on any atom is 0.223 e. The lowest BCUT2D eigenvalue weighted by molar-refractivity contribution is -0.130. The summed E-state index contributed by atoms with van der Waals surface area (Å²) in [4.78, 5) is 15.9. The first-order valence-corrected chi connectivity index (χ1v) is 7.90. The van der Waals surface area contributed by atoms with Gasteiger partial charge in [-0.05, 0) is 13.0 Å². The summed E-state index contributed by atoms with van der Waals surface area (Å²) in [5.41, 5.74) is 0. The van der Waals surface area contributed by atoms with Gasteiger partial charge in [0.25, 0.3) is 0 Å². The molecule has 5 heteroatoms. The van der Waals surface area contributed by atoms with Gasteiger partial charge in [-0.15, -0.1) is 0 Å². The predicted molar refractivity (Wildman–Crippen MR) is 80.1 cm³/mol. The summed E-state index contributed by atoms with van der Waals surface area (Å²) in [6, 6.07) is 2.07. The van der Waals surface area contributed by atoms with Crippen LogP contribution in [0.5, 0.6) is 0 Å². The Morgan fingerprint density at radius 2 is 2.21 bits per heavy atom. The molecule has 1 rings (SSSR count). The zero-order chi connectivity index (χ0) is 14.3. The average molecular weight is 283 g/mol. The van der Waals surface area contributed by atoms with Crippen LogP contribution in [0.25, 0.3) is 0 Å². The van der Waals surface area contributed by atoms with Crippen LogP contribution in [0.4, 0.5) is 0 Å². The van der Waals surface area contributed by atoms with Crippen LogP contribution in [0, 0.1) is 11.3 Å². The van der Waals surface area contributed by atoms with Crippen molar-refractivity contribution in [2.24, 2.45) is 0 Å². The Morgan fingerprint density at radius 1 is 1.47 bits per heavy atom. The molecular formula is C14H25N3OS. The Bertz CT molecular complexity index is 338. The molecule has 0 spiro atoms. The van der Waals surface area contributed by atoms with E-state index in [0.29, 0.717) is 24.1 Å².